The number of aliphatic imine (C=N–C) groups is 1. The van der Waals surface area contributed by atoms with Crippen LogP contribution in [0, 0.1) is 6.92 Å². The van der Waals surface area contributed by atoms with Gasteiger partial charge in [-0.05, 0) is 48.4 Å². The zero-order chi connectivity index (χ0) is 24.1. The minimum absolute atomic E-state index is 0.0296. The number of pyridine rings is 2. The van der Waals surface area contributed by atoms with Crippen molar-refractivity contribution in [2.24, 2.45) is 4.99 Å². The SMILES string of the molecule is COC1=NC(c2ccncc2)NC(NS(=O)(=O)c2ccc(C)cn2)=C1Oc1ccccc1OC. The quantitative estimate of drug-likeness (QED) is 0.528. The lowest BCUT2D eigenvalue weighted by Gasteiger charge is -2.27. The van der Waals surface area contributed by atoms with Crippen LogP contribution in [0.1, 0.15) is 17.3 Å². The highest BCUT2D eigenvalue weighted by atomic mass is 32.2. The van der Waals surface area contributed by atoms with Crippen LogP contribution in [0.3, 0.4) is 0 Å². The summed E-state index contributed by atoms with van der Waals surface area (Å²) in [6.45, 7) is 1.82. The second-order valence-corrected chi connectivity index (χ2v) is 8.83. The smallest absolute Gasteiger partial charge is 0.280 e. The molecule has 0 saturated heterocycles. The van der Waals surface area contributed by atoms with E-state index in [1.165, 1.54) is 26.5 Å². The molecule has 2 N–H and O–H groups in total. The summed E-state index contributed by atoms with van der Waals surface area (Å²) in [4.78, 5) is 12.6. The van der Waals surface area contributed by atoms with Crippen molar-refractivity contribution in [2.75, 3.05) is 14.2 Å². The van der Waals surface area contributed by atoms with Crippen molar-refractivity contribution >= 4 is 15.9 Å². The van der Waals surface area contributed by atoms with Gasteiger partial charge >= 0.3 is 0 Å². The zero-order valence-electron chi connectivity index (χ0n) is 18.7. The van der Waals surface area contributed by atoms with Crippen molar-refractivity contribution in [3.63, 3.8) is 0 Å². The van der Waals surface area contributed by atoms with E-state index in [0.717, 1.165) is 11.1 Å². The van der Waals surface area contributed by atoms with E-state index in [1.807, 2.05) is 6.92 Å². The lowest BCUT2D eigenvalue weighted by Crippen LogP contribution is -2.40. The van der Waals surface area contributed by atoms with Crippen molar-refractivity contribution in [2.45, 2.75) is 18.1 Å². The molecule has 0 fully saturated rings. The number of nitrogens with zero attached hydrogens (tertiary/aromatic N) is 3. The van der Waals surface area contributed by atoms with E-state index in [0.29, 0.717) is 11.5 Å². The molecule has 1 aromatic carbocycles. The van der Waals surface area contributed by atoms with Crippen molar-refractivity contribution in [1.82, 2.24) is 20.0 Å². The Morgan fingerprint density at radius 3 is 2.35 bits per heavy atom. The van der Waals surface area contributed by atoms with Crippen molar-refractivity contribution in [3.8, 4) is 11.5 Å². The zero-order valence-corrected chi connectivity index (χ0v) is 19.5. The van der Waals surface area contributed by atoms with Gasteiger partial charge in [-0.3, -0.25) is 9.71 Å². The fraction of sp³-hybridized carbons (Fsp3) is 0.174. The molecule has 3 heterocycles. The van der Waals surface area contributed by atoms with Crippen molar-refractivity contribution in [1.29, 1.82) is 0 Å². The molecule has 0 spiro atoms. The predicted octanol–water partition coefficient (Wildman–Crippen LogP) is 2.67. The maximum absolute atomic E-state index is 13.2. The molecule has 1 aliphatic rings. The molecule has 11 heteroatoms. The van der Waals surface area contributed by atoms with Gasteiger partial charge < -0.3 is 19.5 Å². The highest BCUT2D eigenvalue weighted by Crippen LogP contribution is 2.31. The third-order valence-electron chi connectivity index (χ3n) is 4.84. The minimum Gasteiger partial charge on any atom is -0.493 e. The first-order chi connectivity index (χ1) is 16.4. The Labute approximate surface area is 197 Å². The Balaban J connectivity index is 1.78. The first-order valence-electron chi connectivity index (χ1n) is 10.2. The van der Waals surface area contributed by atoms with E-state index in [2.05, 4.69) is 25.0 Å². The molecule has 176 valence electrons. The van der Waals surface area contributed by atoms with Gasteiger partial charge in [0, 0.05) is 18.6 Å². The molecule has 0 aliphatic carbocycles. The van der Waals surface area contributed by atoms with Crippen LogP contribution in [0.25, 0.3) is 0 Å². The standard InChI is InChI=1S/C23H23N5O5S/c1-15-8-9-19(25-14-15)34(29,30)28-22-20(33-18-7-5-4-6-17(18)31-2)23(32-3)27-21(26-22)16-10-12-24-13-11-16/h4-14,21,26,28H,1-3H3. The summed E-state index contributed by atoms with van der Waals surface area (Å²) in [6, 6.07) is 13.6. The maximum atomic E-state index is 13.2. The number of rotatable bonds is 7. The van der Waals surface area contributed by atoms with E-state index in [4.69, 9.17) is 14.2 Å². The summed E-state index contributed by atoms with van der Waals surface area (Å²) in [5.74, 6) is 0.944. The molecule has 10 nitrogen and oxygen atoms in total. The lowest BCUT2D eigenvalue weighted by atomic mass is 10.2. The number of hydrogen-bond donors (Lipinski definition) is 2. The monoisotopic (exact) mass is 481 g/mol. The van der Waals surface area contributed by atoms with Gasteiger partial charge in [0.1, 0.15) is 6.17 Å². The van der Waals surface area contributed by atoms with E-state index in [-0.39, 0.29) is 22.5 Å². The number of sulfonamides is 1. The third kappa shape index (κ3) is 4.94. The Morgan fingerprint density at radius 2 is 1.71 bits per heavy atom. The highest BCUT2D eigenvalue weighted by Gasteiger charge is 2.31. The summed E-state index contributed by atoms with van der Waals surface area (Å²) >= 11 is 0. The topological polar surface area (TPSA) is 124 Å². The van der Waals surface area contributed by atoms with Gasteiger partial charge in [-0.25, -0.2) is 9.98 Å². The Bertz CT molecular complexity index is 1330. The molecule has 0 saturated carbocycles. The highest BCUT2D eigenvalue weighted by molar-refractivity contribution is 7.89. The molecule has 0 amide bonds. The van der Waals surface area contributed by atoms with Crippen LogP contribution in [0.5, 0.6) is 11.5 Å². The Kier molecular flexibility index (Phi) is 6.64. The molecule has 3 aromatic rings. The fourth-order valence-corrected chi connectivity index (χ4v) is 4.11. The first kappa shape index (κ1) is 23.1. The number of aromatic nitrogens is 2. The molecular weight excluding hydrogens is 458 g/mol. The van der Waals surface area contributed by atoms with Gasteiger partial charge in [0.05, 0.1) is 14.2 Å². The number of hydrogen-bond acceptors (Lipinski definition) is 9. The molecule has 4 rings (SSSR count). The second kappa shape index (κ2) is 9.79. The summed E-state index contributed by atoms with van der Waals surface area (Å²) in [7, 11) is -1.14. The largest absolute Gasteiger partial charge is 0.493 e. The normalized spacial score (nSPS) is 15.7. The average molecular weight is 482 g/mol. The molecule has 2 aromatic heterocycles. The van der Waals surface area contributed by atoms with Gasteiger partial charge in [-0.1, -0.05) is 18.2 Å². The summed E-state index contributed by atoms with van der Waals surface area (Å²) < 4.78 is 45.7. The molecule has 0 bridgehead atoms. The fourth-order valence-electron chi connectivity index (χ4n) is 3.15. The Hall–Kier alpha value is -4.12. The number of ether oxygens (including phenoxy) is 3. The maximum Gasteiger partial charge on any atom is 0.280 e. The number of benzene rings is 1. The van der Waals surface area contributed by atoms with Crippen LogP contribution in [-0.2, 0) is 14.8 Å². The van der Waals surface area contributed by atoms with Crippen molar-refractivity contribution < 1.29 is 22.6 Å². The molecule has 1 atom stereocenters. The first-order valence-corrected chi connectivity index (χ1v) is 11.7. The van der Waals surface area contributed by atoms with Gasteiger partial charge in [0.2, 0.25) is 5.76 Å². The number of aryl methyl sites for hydroxylation is 1. The second-order valence-electron chi connectivity index (χ2n) is 7.20. The summed E-state index contributed by atoms with van der Waals surface area (Å²) in [5, 5.41) is 2.93. The number of methoxy groups -OCH3 is 2. The van der Waals surface area contributed by atoms with Crippen LogP contribution in [-0.4, -0.2) is 38.5 Å². The lowest BCUT2D eigenvalue weighted by molar-refractivity contribution is 0.324. The average Bonchev–Trinajstić information content (AvgIpc) is 2.85. The van der Waals surface area contributed by atoms with Crippen LogP contribution in [0.2, 0.25) is 0 Å². The molecule has 1 aliphatic heterocycles. The van der Waals surface area contributed by atoms with Gasteiger partial charge in [0.15, 0.2) is 22.3 Å². The number of nitrogens with one attached hydrogen (secondary N) is 2. The van der Waals surface area contributed by atoms with Gasteiger partial charge in [-0.15, -0.1) is 0 Å². The predicted molar refractivity (Wildman–Crippen MR) is 125 cm³/mol. The van der Waals surface area contributed by atoms with E-state index in [1.54, 1.807) is 54.9 Å². The Morgan fingerprint density at radius 1 is 0.971 bits per heavy atom. The third-order valence-corrected chi connectivity index (χ3v) is 6.11. The van der Waals surface area contributed by atoms with Crippen LogP contribution >= 0.6 is 0 Å². The molecular formula is C23H23N5O5S. The minimum atomic E-state index is -4.07. The van der Waals surface area contributed by atoms with Crippen LogP contribution in [0.15, 0.2) is 88.7 Å². The molecule has 0 radical (unpaired) electrons. The molecule has 34 heavy (non-hydrogen) atoms. The van der Waals surface area contributed by atoms with Gasteiger partial charge in [0.25, 0.3) is 15.9 Å². The van der Waals surface area contributed by atoms with Gasteiger partial charge in [-0.2, -0.15) is 8.42 Å². The van der Waals surface area contributed by atoms with E-state index in [9.17, 15) is 8.42 Å². The number of para-hydroxylation sites is 2. The van der Waals surface area contributed by atoms with Crippen molar-refractivity contribution in [3.05, 3.63) is 89.8 Å². The molecule has 1 unspecified atom stereocenters. The van der Waals surface area contributed by atoms with E-state index < -0.39 is 16.2 Å². The summed E-state index contributed by atoms with van der Waals surface area (Å²) in [6.07, 6.45) is 4.05. The summed E-state index contributed by atoms with van der Waals surface area (Å²) in [5.41, 5.74) is 1.58. The van der Waals surface area contributed by atoms with E-state index >= 15 is 0 Å². The van der Waals surface area contributed by atoms with Crippen LogP contribution < -0.4 is 19.5 Å². The van der Waals surface area contributed by atoms with Crippen LogP contribution in [0.4, 0.5) is 0 Å².